The molecule has 1 amide bonds. The second kappa shape index (κ2) is 12.7. The van der Waals surface area contributed by atoms with Crippen LogP contribution in [0.3, 0.4) is 0 Å². The Hall–Kier alpha value is -3.66. The Morgan fingerprint density at radius 3 is 1.83 bits per heavy atom. The number of nitrogens with zero attached hydrogens (tertiary/aromatic N) is 2. The van der Waals surface area contributed by atoms with Crippen molar-refractivity contribution < 1.29 is 79.8 Å². The Balaban J connectivity index is 2.08. The van der Waals surface area contributed by atoms with E-state index in [0.717, 1.165) is 41.8 Å². The topological polar surface area (TPSA) is 50.3 Å². The fraction of sp³-hybridized carbons (Fsp3) is 0.296. The molecule has 4 nitrogen and oxygen atoms in total. The van der Waals surface area contributed by atoms with Gasteiger partial charge in [0.15, 0.2) is 11.6 Å². The van der Waals surface area contributed by atoms with Crippen LogP contribution in [0.15, 0.2) is 48.7 Å². The van der Waals surface area contributed by atoms with E-state index in [1.807, 2.05) is 0 Å². The van der Waals surface area contributed by atoms with E-state index in [-0.39, 0.29) is 0 Å². The number of anilines is 1. The van der Waals surface area contributed by atoms with Crippen LogP contribution < -0.4 is 4.90 Å². The number of amides is 1. The van der Waals surface area contributed by atoms with Crippen LogP contribution in [0.1, 0.15) is 43.1 Å². The first-order valence-corrected chi connectivity index (χ1v) is 13.4. The van der Waals surface area contributed by atoms with Crippen LogP contribution in [-0.2, 0) is 24.4 Å². The van der Waals surface area contributed by atoms with E-state index in [1.54, 1.807) is 0 Å². The molecule has 3 aromatic rings. The van der Waals surface area contributed by atoms with Gasteiger partial charge in [0.05, 0.1) is 22.4 Å². The number of carbonyl (C=O) groups excluding carboxylic acids is 2. The molecule has 21 heteroatoms. The van der Waals surface area contributed by atoms with Gasteiger partial charge in [-0.3, -0.25) is 14.6 Å². The number of hydrogen-bond donors (Lipinski definition) is 0. The van der Waals surface area contributed by atoms with E-state index in [0.29, 0.717) is 29.3 Å². The number of ketones is 1. The molecule has 0 aliphatic carbocycles. The first kappa shape index (κ1) is 38.8. The van der Waals surface area contributed by atoms with Gasteiger partial charge in [0.2, 0.25) is 0 Å². The summed E-state index contributed by atoms with van der Waals surface area (Å²) in [6, 6.07) is 2.18. The molecule has 1 heterocycles. The highest BCUT2D eigenvalue weighted by molar-refractivity contribution is 14.1. The summed E-state index contributed by atoms with van der Waals surface area (Å²) >= 11 is 0.734. The highest BCUT2D eigenvalue weighted by Gasteiger charge is 2.82. The molecule has 1 atom stereocenters. The summed E-state index contributed by atoms with van der Waals surface area (Å²) in [7, 11) is 0.886. The van der Waals surface area contributed by atoms with Gasteiger partial charge in [-0.2, -0.15) is 61.5 Å². The molecule has 0 radical (unpaired) electrons. The summed E-state index contributed by atoms with van der Waals surface area (Å²) in [5, 5.41) is 0. The van der Waals surface area contributed by atoms with E-state index < -0.39 is 115 Å². The van der Waals surface area contributed by atoms with Crippen LogP contribution in [0.4, 0.5) is 75.9 Å². The summed E-state index contributed by atoms with van der Waals surface area (Å²) in [6.07, 6.45) is -26.2. The molecule has 3 rings (SSSR count). The standard InChI is InChI=1S/C27H13F16IN2O2/c1-46(21(48)11-5-6-19(45-10-11)24(33,34)35)17-4-2-3-13(20(17)28)18(47)9-14-15(23(30,31)32)7-12(8-16(14)44)22(29,26(38,39)40)25(36,37)27(41,42)43/h2-8,10H,9H2,1H3. The van der Waals surface area contributed by atoms with E-state index >= 15 is 4.39 Å². The molecular formula is C27H13F16IN2O2. The van der Waals surface area contributed by atoms with Crippen molar-refractivity contribution in [2.75, 3.05) is 11.9 Å². The highest BCUT2D eigenvalue weighted by atomic mass is 127. The second-order valence-corrected chi connectivity index (χ2v) is 10.9. The van der Waals surface area contributed by atoms with Crippen LogP contribution in [0, 0.1) is 9.39 Å². The van der Waals surface area contributed by atoms with Gasteiger partial charge in [-0.15, -0.1) is 0 Å². The minimum absolute atomic E-state index is 0.400. The van der Waals surface area contributed by atoms with Gasteiger partial charge in [0.1, 0.15) is 5.69 Å². The molecule has 0 aliphatic heterocycles. The number of aromatic nitrogens is 1. The van der Waals surface area contributed by atoms with Crippen LogP contribution in [0.25, 0.3) is 0 Å². The maximum absolute atomic E-state index is 15.4. The summed E-state index contributed by atoms with van der Waals surface area (Å²) in [5.74, 6) is -11.7. The molecule has 0 saturated carbocycles. The van der Waals surface area contributed by atoms with Crippen molar-refractivity contribution in [3.8, 4) is 0 Å². The Morgan fingerprint density at radius 1 is 0.792 bits per heavy atom. The summed E-state index contributed by atoms with van der Waals surface area (Å²) < 4.78 is 216. The fourth-order valence-corrected chi connectivity index (χ4v) is 5.04. The molecule has 0 saturated heterocycles. The number of pyridine rings is 1. The molecule has 0 N–H and O–H groups in total. The quantitative estimate of drug-likeness (QED) is 0.136. The number of hydrogen-bond acceptors (Lipinski definition) is 3. The lowest BCUT2D eigenvalue weighted by Crippen LogP contribution is -2.59. The van der Waals surface area contributed by atoms with Crippen LogP contribution >= 0.6 is 22.6 Å². The molecule has 48 heavy (non-hydrogen) atoms. The predicted molar refractivity (Wildman–Crippen MR) is 140 cm³/mol. The van der Waals surface area contributed by atoms with Gasteiger partial charge >= 0.3 is 36.3 Å². The summed E-state index contributed by atoms with van der Waals surface area (Å²) in [5.41, 5.74) is -17.0. The number of Topliss-reactive ketones (excluding diaryl/α,β-unsaturated/α-hetero) is 1. The molecule has 0 aliphatic rings. The van der Waals surface area contributed by atoms with Crippen molar-refractivity contribution in [3.05, 3.63) is 91.6 Å². The minimum Gasteiger partial charge on any atom is -0.309 e. The normalized spacial score (nSPS) is 14.5. The first-order chi connectivity index (χ1) is 21.6. The zero-order valence-electron chi connectivity index (χ0n) is 23.0. The van der Waals surface area contributed by atoms with Gasteiger partial charge in [0.25, 0.3) is 5.91 Å². The molecule has 0 spiro atoms. The lowest BCUT2D eigenvalue weighted by atomic mass is 9.85. The Labute approximate surface area is 270 Å². The number of benzene rings is 2. The molecule has 262 valence electrons. The van der Waals surface area contributed by atoms with Gasteiger partial charge in [0, 0.05) is 28.8 Å². The molecule has 0 fully saturated rings. The van der Waals surface area contributed by atoms with Crippen molar-refractivity contribution in [2.45, 2.75) is 42.7 Å². The van der Waals surface area contributed by atoms with Gasteiger partial charge in [-0.05, 0) is 64.6 Å². The number of rotatable bonds is 7. The Kier molecular flexibility index (Phi) is 10.2. The van der Waals surface area contributed by atoms with Gasteiger partial charge in [-0.25, -0.2) is 8.78 Å². The lowest BCUT2D eigenvalue weighted by molar-refractivity contribution is -0.389. The Bertz CT molecular complexity index is 1710. The van der Waals surface area contributed by atoms with Gasteiger partial charge in [-0.1, -0.05) is 6.07 Å². The summed E-state index contributed by atoms with van der Waals surface area (Å²) in [6.45, 7) is 0. The third-order valence-electron chi connectivity index (χ3n) is 6.66. The average molecular weight is 828 g/mol. The summed E-state index contributed by atoms with van der Waals surface area (Å²) in [4.78, 5) is 29.3. The maximum Gasteiger partial charge on any atom is 0.457 e. The maximum atomic E-state index is 15.4. The second-order valence-electron chi connectivity index (χ2n) is 9.74. The van der Waals surface area contributed by atoms with Crippen LogP contribution in [0.5, 0.6) is 0 Å². The smallest absolute Gasteiger partial charge is 0.309 e. The lowest BCUT2D eigenvalue weighted by Gasteiger charge is -2.36. The predicted octanol–water partition coefficient (Wildman–Crippen LogP) is 9.49. The van der Waals surface area contributed by atoms with Crippen molar-refractivity contribution in [3.63, 3.8) is 0 Å². The van der Waals surface area contributed by atoms with Gasteiger partial charge < -0.3 is 4.90 Å². The molecular weight excluding hydrogens is 815 g/mol. The highest BCUT2D eigenvalue weighted by Crippen LogP contribution is 2.59. The molecule has 1 unspecified atom stereocenters. The Morgan fingerprint density at radius 2 is 1.38 bits per heavy atom. The largest absolute Gasteiger partial charge is 0.457 e. The monoisotopic (exact) mass is 828 g/mol. The fourth-order valence-electron chi connectivity index (χ4n) is 4.23. The zero-order chi connectivity index (χ0) is 37.0. The first-order valence-electron chi connectivity index (χ1n) is 12.3. The molecule has 2 aromatic carbocycles. The SMILES string of the molecule is CN(C(=O)c1ccc(C(F)(F)F)nc1)c1cccc(C(=O)Cc2c(I)cc(C(F)(C(F)(F)F)C(F)(F)C(F)(F)F)cc2C(F)(F)F)c1F. The molecule has 0 bridgehead atoms. The number of alkyl halides is 15. The van der Waals surface area contributed by atoms with Crippen molar-refractivity contribution in [1.82, 2.24) is 4.98 Å². The number of halogens is 17. The van der Waals surface area contributed by atoms with E-state index in [9.17, 15) is 75.4 Å². The molecule has 1 aromatic heterocycles. The van der Waals surface area contributed by atoms with Crippen molar-refractivity contribution in [1.29, 1.82) is 0 Å². The minimum atomic E-state index is -7.30. The third kappa shape index (κ3) is 7.05. The third-order valence-corrected chi connectivity index (χ3v) is 7.62. The van der Waals surface area contributed by atoms with Crippen LogP contribution in [0.2, 0.25) is 0 Å². The van der Waals surface area contributed by atoms with E-state index in [1.165, 1.54) is 0 Å². The number of carbonyl (C=O) groups is 2. The van der Waals surface area contributed by atoms with E-state index in [4.69, 9.17) is 0 Å². The van der Waals surface area contributed by atoms with E-state index in [2.05, 4.69) is 4.98 Å². The average Bonchev–Trinajstić information content (AvgIpc) is 2.94. The van der Waals surface area contributed by atoms with Crippen molar-refractivity contribution in [2.24, 2.45) is 0 Å². The van der Waals surface area contributed by atoms with Crippen LogP contribution in [-0.4, -0.2) is 42.0 Å². The zero-order valence-corrected chi connectivity index (χ0v) is 25.1. The van der Waals surface area contributed by atoms with Crippen molar-refractivity contribution >= 4 is 40.0 Å².